The fourth-order valence-electron chi connectivity index (χ4n) is 4.71. The minimum atomic E-state index is -0.751. The predicted molar refractivity (Wildman–Crippen MR) is 123 cm³/mol. The molecular weight excluding hydrogens is 446 g/mol. The molecule has 0 radical (unpaired) electrons. The van der Waals surface area contributed by atoms with Gasteiger partial charge in [-0.15, -0.1) is 10.2 Å². The van der Waals surface area contributed by atoms with Crippen molar-refractivity contribution in [1.29, 1.82) is 0 Å². The average molecular weight is 469 g/mol. The Hall–Kier alpha value is -3.27. The summed E-state index contributed by atoms with van der Waals surface area (Å²) >= 11 is 0. The molecule has 0 spiro atoms. The molecule has 170 valence electrons. The maximum absolute atomic E-state index is 15.0. The van der Waals surface area contributed by atoms with Gasteiger partial charge in [0.05, 0.1) is 23.5 Å². The molecule has 1 atom stereocenters. The number of hydrogen-bond acceptors (Lipinski definition) is 4. The molecule has 1 aliphatic carbocycles. The maximum Gasteiger partial charge on any atom is 0.277 e. The minimum Gasteiger partial charge on any atom is -0.294 e. The highest BCUT2D eigenvalue weighted by Gasteiger charge is 2.47. The molecule has 1 amide bonds. The van der Waals surface area contributed by atoms with E-state index in [4.69, 9.17) is 0 Å². The van der Waals surface area contributed by atoms with Gasteiger partial charge in [-0.25, -0.2) is 8.78 Å². The topological polar surface area (TPSA) is 68.3 Å². The Morgan fingerprint density at radius 2 is 1.82 bits per heavy atom. The highest BCUT2D eigenvalue weighted by Crippen LogP contribution is 2.47. The molecule has 4 aromatic rings. The van der Waals surface area contributed by atoms with E-state index < -0.39 is 17.7 Å². The van der Waals surface area contributed by atoms with Crippen LogP contribution in [-0.2, 0) is 0 Å². The second-order valence-corrected chi connectivity index (χ2v) is 8.59. The van der Waals surface area contributed by atoms with Crippen molar-refractivity contribution in [3.8, 4) is 0 Å². The zero-order valence-corrected chi connectivity index (χ0v) is 19.3. The molecule has 1 saturated carbocycles. The summed E-state index contributed by atoms with van der Waals surface area (Å²) in [7, 11) is 0. The van der Waals surface area contributed by atoms with Crippen LogP contribution in [0.1, 0.15) is 63.6 Å². The predicted octanol–water partition coefficient (Wildman–Crippen LogP) is 4.33. The molecule has 0 unspecified atom stereocenters. The van der Waals surface area contributed by atoms with Crippen LogP contribution < -0.4 is 4.90 Å². The van der Waals surface area contributed by atoms with E-state index in [1.807, 2.05) is 31.2 Å². The Balaban J connectivity index is 0.00000228. The third-order valence-corrected chi connectivity index (χ3v) is 6.36. The third kappa shape index (κ3) is 3.07. The van der Waals surface area contributed by atoms with E-state index >= 15 is 4.39 Å². The largest absolute Gasteiger partial charge is 0.294 e. The van der Waals surface area contributed by atoms with Gasteiger partial charge >= 0.3 is 0 Å². The normalized spacial score (nSPS) is 17.5. The molecule has 0 bridgehead atoms. The van der Waals surface area contributed by atoms with E-state index in [0.29, 0.717) is 34.1 Å². The molecule has 0 saturated heterocycles. The number of rotatable bonds is 3. The number of fused-ring (bicyclic) bond motifs is 2. The first-order chi connectivity index (χ1) is 15.3. The summed E-state index contributed by atoms with van der Waals surface area (Å²) in [6, 6.07) is 4.77. The molecule has 7 nitrogen and oxygen atoms in total. The second kappa shape index (κ2) is 7.38. The molecule has 6 rings (SSSR count). The van der Waals surface area contributed by atoms with Crippen molar-refractivity contribution >= 4 is 30.7 Å². The molecule has 1 aliphatic heterocycles. The van der Waals surface area contributed by atoms with E-state index in [-0.39, 0.29) is 31.0 Å². The number of nitrogens with zero attached hydrogens (tertiary/aromatic N) is 6. The third-order valence-electron chi connectivity index (χ3n) is 6.36. The van der Waals surface area contributed by atoms with Crippen molar-refractivity contribution in [2.75, 3.05) is 4.90 Å². The lowest BCUT2D eigenvalue weighted by molar-refractivity contribution is 0.0983. The fraction of sp³-hybridized carbons (Fsp3) is 0.304. The lowest BCUT2D eigenvalue weighted by atomic mass is 9.98. The number of halogens is 2. The zero-order valence-electron chi connectivity index (χ0n) is 18.3. The van der Waals surface area contributed by atoms with Crippen LogP contribution in [0.3, 0.4) is 0 Å². The van der Waals surface area contributed by atoms with Crippen LogP contribution in [0, 0.1) is 32.4 Å². The van der Waals surface area contributed by atoms with E-state index in [9.17, 15) is 9.18 Å². The first kappa shape index (κ1) is 21.6. The van der Waals surface area contributed by atoms with Crippen molar-refractivity contribution in [3.05, 3.63) is 76.0 Å². The monoisotopic (exact) mass is 468 g/mol. The highest BCUT2D eigenvalue weighted by molar-refractivity contribution is 7.59. The van der Waals surface area contributed by atoms with E-state index in [2.05, 4.69) is 15.3 Å². The van der Waals surface area contributed by atoms with Crippen molar-refractivity contribution in [2.45, 2.75) is 45.7 Å². The van der Waals surface area contributed by atoms with Crippen LogP contribution in [0.4, 0.5) is 14.5 Å². The summed E-state index contributed by atoms with van der Waals surface area (Å²) in [5, 5.41) is 12.9. The molecule has 3 aromatic heterocycles. The van der Waals surface area contributed by atoms with Gasteiger partial charge in [-0.3, -0.25) is 18.8 Å². The Kier molecular flexibility index (Phi) is 4.82. The van der Waals surface area contributed by atoms with Crippen LogP contribution in [0.2, 0.25) is 0 Å². The van der Waals surface area contributed by atoms with Crippen LogP contribution in [-0.4, -0.2) is 30.3 Å². The van der Waals surface area contributed by atoms with Crippen LogP contribution in [0.25, 0.3) is 5.65 Å². The Bertz CT molecular complexity index is 1440. The average Bonchev–Trinajstić information content (AvgIpc) is 3.35. The number of carbonyl (C=O) groups is 1. The van der Waals surface area contributed by atoms with Crippen molar-refractivity contribution in [3.63, 3.8) is 0 Å². The van der Waals surface area contributed by atoms with Gasteiger partial charge in [0.25, 0.3) is 5.91 Å². The number of benzene rings is 1. The van der Waals surface area contributed by atoms with Crippen LogP contribution in [0.15, 0.2) is 30.5 Å². The van der Waals surface area contributed by atoms with Gasteiger partial charge in [0, 0.05) is 23.4 Å². The number of pyridine rings is 1. The molecule has 33 heavy (non-hydrogen) atoms. The first-order valence-electron chi connectivity index (χ1n) is 10.5. The van der Waals surface area contributed by atoms with E-state index in [1.54, 1.807) is 15.8 Å². The van der Waals surface area contributed by atoms with Crippen molar-refractivity contribution < 1.29 is 13.6 Å². The molecule has 10 heteroatoms. The molecule has 1 aromatic carbocycles. The van der Waals surface area contributed by atoms with Crippen molar-refractivity contribution in [1.82, 2.24) is 24.4 Å². The molecule has 4 heterocycles. The van der Waals surface area contributed by atoms with Gasteiger partial charge < -0.3 is 0 Å². The van der Waals surface area contributed by atoms with Crippen LogP contribution >= 0.6 is 13.5 Å². The summed E-state index contributed by atoms with van der Waals surface area (Å²) in [4.78, 5) is 15.4. The van der Waals surface area contributed by atoms with Gasteiger partial charge in [-0.1, -0.05) is 6.07 Å². The van der Waals surface area contributed by atoms with Gasteiger partial charge in [-0.2, -0.15) is 18.6 Å². The Morgan fingerprint density at radius 3 is 2.52 bits per heavy atom. The van der Waals surface area contributed by atoms with Gasteiger partial charge in [0.1, 0.15) is 23.2 Å². The Labute approximate surface area is 195 Å². The summed E-state index contributed by atoms with van der Waals surface area (Å²) in [6.07, 6.45) is 3.71. The first-order valence-corrected chi connectivity index (χ1v) is 10.5. The lowest BCUT2D eigenvalue weighted by Crippen LogP contribution is -2.31. The summed E-state index contributed by atoms with van der Waals surface area (Å²) in [5.41, 5.74) is 4.19. The van der Waals surface area contributed by atoms with Gasteiger partial charge in [0.15, 0.2) is 5.65 Å². The number of anilines is 1. The zero-order chi connectivity index (χ0) is 22.3. The lowest BCUT2D eigenvalue weighted by Gasteiger charge is -2.27. The Morgan fingerprint density at radius 1 is 1.06 bits per heavy atom. The van der Waals surface area contributed by atoms with Gasteiger partial charge in [0.2, 0.25) is 0 Å². The number of aryl methyl sites for hydroxylation is 3. The molecule has 2 aliphatic rings. The number of amides is 1. The van der Waals surface area contributed by atoms with Crippen molar-refractivity contribution in [2.24, 2.45) is 0 Å². The molecular formula is C23H22F2N6OS. The summed E-state index contributed by atoms with van der Waals surface area (Å²) < 4.78 is 32.4. The SMILES string of the molecule is Cc1nn(C2CC2)c2c1[C@@H](c1ccc(F)cc1F)N(c1cc(C)c3nnc(C)n3c1)C2=O.S. The maximum atomic E-state index is 15.0. The highest BCUT2D eigenvalue weighted by atomic mass is 32.1. The van der Waals surface area contributed by atoms with E-state index in [1.165, 1.54) is 12.1 Å². The standard InChI is InChI=1S/C23H20F2N6O.H2S/c1-11-8-16(10-29-13(3)26-27-22(11)29)30-20(17-7-4-14(24)9-18(17)25)19-12(2)28-31(15-5-6-15)21(19)23(30)32;/h4,7-10,15,20H,5-6H2,1-3H3;1H2/t20-;/m1./s1. The minimum absolute atomic E-state index is 0. The van der Waals surface area contributed by atoms with Gasteiger partial charge in [-0.05, 0) is 51.3 Å². The number of hydrogen-bond donors (Lipinski definition) is 0. The number of aromatic nitrogens is 5. The molecule has 1 fully saturated rings. The van der Waals surface area contributed by atoms with E-state index in [0.717, 1.165) is 24.5 Å². The summed E-state index contributed by atoms with van der Waals surface area (Å²) in [5.74, 6) is -0.924. The number of carbonyl (C=O) groups excluding carboxylic acids is 1. The second-order valence-electron chi connectivity index (χ2n) is 8.59. The smallest absolute Gasteiger partial charge is 0.277 e. The molecule has 0 N–H and O–H groups in total. The summed E-state index contributed by atoms with van der Waals surface area (Å²) in [6.45, 7) is 5.56. The quantitative estimate of drug-likeness (QED) is 0.449. The van der Waals surface area contributed by atoms with Crippen LogP contribution in [0.5, 0.6) is 0 Å². The fourth-order valence-corrected chi connectivity index (χ4v) is 4.71.